The van der Waals surface area contributed by atoms with Crippen molar-refractivity contribution in [3.05, 3.63) is 59.9 Å². The van der Waals surface area contributed by atoms with Gasteiger partial charge in [-0.2, -0.15) is 5.10 Å². The summed E-state index contributed by atoms with van der Waals surface area (Å²) in [5.41, 5.74) is 2.63. The molecule has 0 unspecified atom stereocenters. The van der Waals surface area contributed by atoms with Crippen LogP contribution in [0.15, 0.2) is 48.5 Å². The molecule has 0 saturated carbocycles. The van der Waals surface area contributed by atoms with Gasteiger partial charge in [-0.25, -0.2) is 4.98 Å². The van der Waals surface area contributed by atoms with Crippen LogP contribution in [0.25, 0.3) is 11.4 Å². The lowest BCUT2D eigenvalue weighted by Gasteiger charge is -2.25. The van der Waals surface area contributed by atoms with Gasteiger partial charge in [-0.15, -0.1) is 0 Å². The first-order chi connectivity index (χ1) is 12.7. The number of benzene rings is 2. The van der Waals surface area contributed by atoms with Crippen LogP contribution in [0.5, 0.6) is 5.75 Å². The second-order valence-corrected chi connectivity index (χ2v) is 6.41. The molecule has 1 aromatic heterocycles. The van der Waals surface area contributed by atoms with Crippen LogP contribution in [0.4, 0.5) is 5.69 Å². The maximum absolute atomic E-state index is 12.7. The average Bonchev–Trinajstić information content (AvgIpc) is 3.09. The highest BCUT2D eigenvalue weighted by molar-refractivity contribution is 5.95. The van der Waals surface area contributed by atoms with Crippen LogP contribution in [-0.4, -0.2) is 27.7 Å². The van der Waals surface area contributed by atoms with Gasteiger partial charge in [0.05, 0.1) is 12.3 Å². The van der Waals surface area contributed by atoms with E-state index < -0.39 is 0 Å². The minimum absolute atomic E-state index is 0.0218. The van der Waals surface area contributed by atoms with Crippen molar-refractivity contribution in [2.24, 2.45) is 0 Å². The van der Waals surface area contributed by atoms with E-state index in [0.29, 0.717) is 18.9 Å². The Bertz CT molecular complexity index is 935. The van der Waals surface area contributed by atoms with Crippen LogP contribution in [0.3, 0.4) is 0 Å². The summed E-state index contributed by atoms with van der Waals surface area (Å²) in [5.74, 6) is 2.34. The quantitative estimate of drug-likeness (QED) is 0.754. The molecule has 0 fully saturated rings. The van der Waals surface area contributed by atoms with Crippen molar-refractivity contribution < 1.29 is 9.53 Å². The summed E-state index contributed by atoms with van der Waals surface area (Å²) in [6.45, 7) is 2.49. The Hall–Kier alpha value is -3.15. The lowest BCUT2D eigenvalue weighted by Crippen LogP contribution is -2.21. The molecule has 2 aromatic carbocycles. The summed E-state index contributed by atoms with van der Waals surface area (Å²) in [4.78, 5) is 17.0. The second kappa shape index (κ2) is 7.00. The summed E-state index contributed by atoms with van der Waals surface area (Å²) in [6.07, 6.45) is 1.26. The Morgan fingerprint density at radius 3 is 2.88 bits per heavy atom. The van der Waals surface area contributed by atoms with E-state index >= 15 is 0 Å². The number of nitrogens with one attached hydrogen (secondary N) is 2. The zero-order chi connectivity index (χ0) is 17.9. The number of aromatic nitrogens is 3. The monoisotopic (exact) mass is 348 g/mol. The van der Waals surface area contributed by atoms with Gasteiger partial charge >= 0.3 is 0 Å². The maximum Gasteiger partial charge on any atom is 0.225 e. The largest absolute Gasteiger partial charge is 0.493 e. The highest BCUT2D eigenvalue weighted by Gasteiger charge is 2.24. The Balaban J connectivity index is 1.52. The van der Waals surface area contributed by atoms with Gasteiger partial charge in [0.2, 0.25) is 5.91 Å². The molecule has 2 N–H and O–H groups in total. The summed E-state index contributed by atoms with van der Waals surface area (Å²) in [5, 5.41) is 10.1. The van der Waals surface area contributed by atoms with Crippen LogP contribution >= 0.6 is 0 Å². The number of carbonyl (C=O) groups is 1. The van der Waals surface area contributed by atoms with Crippen LogP contribution in [-0.2, 0) is 4.79 Å². The van der Waals surface area contributed by atoms with E-state index in [1.165, 1.54) is 0 Å². The highest BCUT2D eigenvalue weighted by atomic mass is 16.5. The smallest absolute Gasteiger partial charge is 0.225 e. The fourth-order valence-corrected chi connectivity index (χ4v) is 3.30. The molecule has 1 aliphatic rings. The van der Waals surface area contributed by atoms with E-state index in [-0.39, 0.29) is 11.8 Å². The molecular weight excluding hydrogens is 328 g/mol. The third-order valence-electron chi connectivity index (χ3n) is 4.55. The van der Waals surface area contributed by atoms with Crippen molar-refractivity contribution in [2.45, 2.75) is 25.7 Å². The van der Waals surface area contributed by atoms with E-state index in [1.807, 2.05) is 55.5 Å². The minimum Gasteiger partial charge on any atom is -0.493 e. The van der Waals surface area contributed by atoms with Gasteiger partial charge in [-0.3, -0.25) is 9.89 Å². The van der Waals surface area contributed by atoms with Crippen molar-refractivity contribution in [1.82, 2.24) is 15.2 Å². The lowest BCUT2D eigenvalue weighted by atomic mass is 9.90. The van der Waals surface area contributed by atoms with Gasteiger partial charge in [-0.05, 0) is 43.0 Å². The van der Waals surface area contributed by atoms with Crippen molar-refractivity contribution >= 4 is 11.6 Å². The molecule has 0 radical (unpaired) electrons. The van der Waals surface area contributed by atoms with Gasteiger partial charge in [0.15, 0.2) is 5.82 Å². The van der Waals surface area contributed by atoms with E-state index in [2.05, 4.69) is 20.5 Å². The number of rotatable bonds is 4. The molecule has 0 aliphatic carbocycles. The third kappa shape index (κ3) is 3.31. The highest BCUT2D eigenvalue weighted by Crippen LogP contribution is 2.36. The number of para-hydroxylation sites is 2. The number of amides is 1. The Morgan fingerprint density at radius 1 is 1.23 bits per heavy atom. The van der Waals surface area contributed by atoms with Crippen LogP contribution in [0.1, 0.15) is 30.1 Å². The normalized spacial score (nSPS) is 15.8. The van der Waals surface area contributed by atoms with Crippen molar-refractivity contribution in [3.8, 4) is 17.1 Å². The maximum atomic E-state index is 12.7. The molecule has 1 aliphatic heterocycles. The molecular formula is C20H20N4O2. The van der Waals surface area contributed by atoms with Crippen molar-refractivity contribution in [1.29, 1.82) is 0 Å². The Labute approximate surface area is 151 Å². The number of hydrogen-bond acceptors (Lipinski definition) is 4. The van der Waals surface area contributed by atoms with Crippen molar-refractivity contribution in [2.75, 3.05) is 11.9 Å². The summed E-state index contributed by atoms with van der Waals surface area (Å²) < 4.78 is 5.68. The molecule has 0 spiro atoms. The van der Waals surface area contributed by atoms with Gasteiger partial charge in [0.1, 0.15) is 11.6 Å². The predicted octanol–water partition coefficient (Wildman–Crippen LogP) is 3.68. The molecule has 1 atom stereocenters. The number of carbonyl (C=O) groups excluding carboxylic acids is 1. The minimum atomic E-state index is -0.0218. The number of nitrogens with zero attached hydrogens (tertiary/aromatic N) is 2. The van der Waals surface area contributed by atoms with E-state index in [9.17, 15) is 4.79 Å². The third-order valence-corrected chi connectivity index (χ3v) is 4.55. The van der Waals surface area contributed by atoms with Crippen LogP contribution in [0, 0.1) is 6.92 Å². The molecule has 26 heavy (non-hydrogen) atoms. The summed E-state index contributed by atoms with van der Waals surface area (Å²) in [6, 6.07) is 15.5. The average molecular weight is 348 g/mol. The SMILES string of the molecule is Cc1nc(-c2ccccc2NC(=O)C[C@H]2CCOc3ccccc32)n[nH]1. The Morgan fingerprint density at radius 2 is 2.04 bits per heavy atom. The molecule has 0 bridgehead atoms. The van der Waals surface area contributed by atoms with Crippen LogP contribution in [0.2, 0.25) is 0 Å². The van der Waals surface area contributed by atoms with Crippen LogP contribution < -0.4 is 10.1 Å². The molecule has 6 heteroatoms. The van der Waals surface area contributed by atoms with Gasteiger partial charge in [0, 0.05) is 12.0 Å². The summed E-state index contributed by atoms with van der Waals surface area (Å²) in [7, 11) is 0. The predicted molar refractivity (Wildman–Crippen MR) is 99.1 cm³/mol. The molecule has 2 heterocycles. The molecule has 132 valence electrons. The number of hydrogen-bond donors (Lipinski definition) is 2. The van der Waals surface area contributed by atoms with E-state index in [1.54, 1.807) is 0 Å². The zero-order valence-electron chi connectivity index (χ0n) is 14.5. The number of fused-ring (bicyclic) bond motifs is 1. The first-order valence-corrected chi connectivity index (χ1v) is 8.70. The molecule has 1 amide bonds. The first-order valence-electron chi connectivity index (χ1n) is 8.70. The van der Waals surface area contributed by atoms with Gasteiger partial charge in [-0.1, -0.05) is 30.3 Å². The lowest BCUT2D eigenvalue weighted by molar-refractivity contribution is -0.116. The zero-order valence-corrected chi connectivity index (χ0v) is 14.5. The Kier molecular flexibility index (Phi) is 4.39. The fourth-order valence-electron chi connectivity index (χ4n) is 3.30. The molecule has 6 nitrogen and oxygen atoms in total. The molecule has 4 rings (SSSR count). The standard InChI is InChI=1S/C20H20N4O2/c1-13-21-20(24-23-13)16-7-2-4-8-17(16)22-19(25)12-14-10-11-26-18-9-5-3-6-15(14)18/h2-9,14H,10-12H2,1H3,(H,22,25)(H,21,23,24)/t14-/m1/s1. The van der Waals surface area contributed by atoms with Crippen molar-refractivity contribution in [3.63, 3.8) is 0 Å². The fraction of sp³-hybridized carbons (Fsp3) is 0.250. The topological polar surface area (TPSA) is 79.9 Å². The number of aryl methyl sites for hydroxylation is 1. The van der Waals surface area contributed by atoms with E-state index in [0.717, 1.165) is 34.8 Å². The number of ether oxygens (including phenoxy) is 1. The second-order valence-electron chi connectivity index (χ2n) is 6.41. The van der Waals surface area contributed by atoms with Gasteiger partial charge < -0.3 is 10.1 Å². The number of H-pyrrole nitrogens is 1. The van der Waals surface area contributed by atoms with E-state index in [4.69, 9.17) is 4.74 Å². The number of anilines is 1. The summed E-state index contributed by atoms with van der Waals surface area (Å²) >= 11 is 0. The first kappa shape index (κ1) is 16.3. The molecule has 0 saturated heterocycles. The molecule has 3 aromatic rings. The number of aromatic amines is 1. The van der Waals surface area contributed by atoms with Gasteiger partial charge in [0.25, 0.3) is 0 Å².